The van der Waals surface area contributed by atoms with Crippen LogP contribution in [0, 0.1) is 18.8 Å². The predicted octanol–water partition coefficient (Wildman–Crippen LogP) is 2.05. The van der Waals surface area contributed by atoms with Crippen molar-refractivity contribution in [1.82, 2.24) is 25.5 Å². The van der Waals surface area contributed by atoms with Crippen LogP contribution in [-0.4, -0.2) is 31.7 Å². The number of hydrogen-bond donors (Lipinski definition) is 1. The molecule has 4 fully saturated rings. The quantitative estimate of drug-likeness (QED) is 0.932. The van der Waals surface area contributed by atoms with E-state index in [1.165, 1.54) is 12.7 Å². The second-order valence-corrected chi connectivity index (χ2v) is 8.08. The molecule has 0 saturated heterocycles. The standard InChI is InChI=1S/C17H21N5O2/c1-11-2-3-24-14(11)15(23)20-16-5-12-4-13(6-16)8-17(7-12,9-16)22-19-10-18-21-22/h2-3,10,12-13H,4-9H2,1H3,(H,20,23). The van der Waals surface area contributed by atoms with Gasteiger partial charge in [-0.15, -0.1) is 10.2 Å². The van der Waals surface area contributed by atoms with Crippen LogP contribution in [0.25, 0.3) is 0 Å². The van der Waals surface area contributed by atoms with E-state index in [4.69, 9.17) is 4.42 Å². The minimum Gasteiger partial charge on any atom is -0.459 e. The summed E-state index contributed by atoms with van der Waals surface area (Å²) in [5.74, 6) is 1.57. The zero-order chi connectivity index (χ0) is 16.4. The lowest BCUT2D eigenvalue weighted by molar-refractivity contribution is -0.0812. The summed E-state index contributed by atoms with van der Waals surface area (Å²) in [7, 11) is 0. The van der Waals surface area contributed by atoms with Gasteiger partial charge in [0.15, 0.2) is 12.1 Å². The minimum absolute atomic E-state index is 0.0912. The molecule has 4 saturated carbocycles. The van der Waals surface area contributed by atoms with Gasteiger partial charge >= 0.3 is 0 Å². The molecule has 7 heteroatoms. The summed E-state index contributed by atoms with van der Waals surface area (Å²) in [6, 6.07) is 1.83. The molecule has 1 N–H and O–H groups in total. The van der Waals surface area contributed by atoms with Crippen LogP contribution < -0.4 is 5.32 Å². The summed E-state index contributed by atoms with van der Waals surface area (Å²) in [6.07, 6.45) is 9.51. The van der Waals surface area contributed by atoms with Gasteiger partial charge in [-0.3, -0.25) is 4.79 Å². The van der Waals surface area contributed by atoms with E-state index in [2.05, 4.69) is 20.7 Å². The van der Waals surface area contributed by atoms with Crippen molar-refractivity contribution in [2.75, 3.05) is 0 Å². The van der Waals surface area contributed by atoms with Crippen LogP contribution in [0.4, 0.5) is 0 Å². The van der Waals surface area contributed by atoms with Crippen LogP contribution in [-0.2, 0) is 5.54 Å². The third kappa shape index (κ3) is 1.96. The van der Waals surface area contributed by atoms with Gasteiger partial charge in [0.05, 0.1) is 11.8 Å². The monoisotopic (exact) mass is 327 g/mol. The highest BCUT2D eigenvalue weighted by Gasteiger charge is 2.60. The van der Waals surface area contributed by atoms with Crippen LogP contribution in [0.15, 0.2) is 23.1 Å². The maximum absolute atomic E-state index is 12.7. The number of tetrazole rings is 1. The Bertz CT molecular complexity index is 767. The second-order valence-electron chi connectivity index (χ2n) is 8.08. The number of amides is 1. The molecule has 2 aromatic heterocycles. The van der Waals surface area contributed by atoms with Crippen molar-refractivity contribution in [3.05, 3.63) is 30.0 Å². The molecule has 24 heavy (non-hydrogen) atoms. The Morgan fingerprint density at radius 1 is 1.33 bits per heavy atom. The summed E-state index contributed by atoms with van der Waals surface area (Å²) in [4.78, 5) is 14.6. The highest BCUT2D eigenvalue weighted by atomic mass is 16.3. The van der Waals surface area contributed by atoms with Crippen LogP contribution in [0.3, 0.4) is 0 Å². The molecule has 0 radical (unpaired) electrons. The van der Waals surface area contributed by atoms with Crippen molar-refractivity contribution in [2.24, 2.45) is 11.8 Å². The maximum Gasteiger partial charge on any atom is 0.287 e. The molecular weight excluding hydrogens is 306 g/mol. The van der Waals surface area contributed by atoms with Crippen molar-refractivity contribution in [1.29, 1.82) is 0 Å². The minimum atomic E-state index is -0.173. The van der Waals surface area contributed by atoms with E-state index in [-0.39, 0.29) is 17.0 Å². The zero-order valence-electron chi connectivity index (χ0n) is 13.7. The Balaban J connectivity index is 1.48. The molecule has 4 bridgehead atoms. The van der Waals surface area contributed by atoms with Crippen LogP contribution in [0.1, 0.15) is 54.6 Å². The maximum atomic E-state index is 12.7. The molecule has 0 aliphatic heterocycles. The third-order valence-corrected chi connectivity index (χ3v) is 6.25. The first kappa shape index (κ1) is 14.2. The second kappa shape index (κ2) is 4.68. The molecule has 6 rings (SSSR count). The molecule has 0 spiro atoms. The molecule has 1 amide bonds. The van der Waals surface area contributed by atoms with Crippen molar-refractivity contribution in [2.45, 2.75) is 56.5 Å². The first-order chi connectivity index (χ1) is 11.6. The Morgan fingerprint density at radius 3 is 2.75 bits per heavy atom. The molecule has 4 aliphatic carbocycles. The van der Waals surface area contributed by atoms with Crippen LogP contribution in [0.2, 0.25) is 0 Å². The van der Waals surface area contributed by atoms with Gasteiger partial charge in [0.25, 0.3) is 5.91 Å². The summed E-state index contributed by atoms with van der Waals surface area (Å²) in [6.45, 7) is 1.90. The van der Waals surface area contributed by atoms with Crippen molar-refractivity contribution < 1.29 is 9.21 Å². The van der Waals surface area contributed by atoms with E-state index < -0.39 is 0 Å². The average molecular weight is 327 g/mol. The number of hydrogen-bond acceptors (Lipinski definition) is 5. The molecule has 2 atom stereocenters. The number of carbonyl (C=O) groups excluding carboxylic acids is 1. The van der Waals surface area contributed by atoms with E-state index in [9.17, 15) is 4.79 Å². The molecule has 0 aromatic carbocycles. The van der Waals surface area contributed by atoms with Gasteiger partial charge in [0.2, 0.25) is 0 Å². The average Bonchev–Trinajstić information content (AvgIpc) is 3.16. The fourth-order valence-corrected chi connectivity index (χ4v) is 5.88. The zero-order valence-corrected chi connectivity index (χ0v) is 13.7. The van der Waals surface area contributed by atoms with E-state index in [0.717, 1.165) is 37.7 Å². The van der Waals surface area contributed by atoms with E-state index in [1.54, 1.807) is 6.26 Å². The Hall–Kier alpha value is -2.18. The predicted molar refractivity (Wildman–Crippen MR) is 84.1 cm³/mol. The van der Waals surface area contributed by atoms with Crippen molar-refractivity contribution >= 4 is 5.91 Å². The lowest BCUT2D eigenvalue weighted by atomic mass is 9.50. The molecule has 126 valence electrons. The number of aryl methyl sites for hydroxylation is 1. The summed E-state index contributed by atoms with van der Waals surface area (Å²) in [5, 5.41) is 15.8. The molecule has 2 aromatic rings. The molecule has 7 nitrogen and oxygen atoms in total. The lowest BCUT2D eigenvalue weighted by Gasteiger charge is -2.61. The molecule has 2 unspecified atom stereocenters. The van der Waals surface area contributed by atoms with Gasteiger partial charge in [-0.1, -0.05) is 0 Å². The van der Waals surface area contributed by atoms with Crippen molar-refractivity contribution in [3.63, 3.8) is 0 Å². The molecular formula is C17H21N5O2. The Labute approximate surface area is 139 Å². The Morgan fingerprint density at radius 2 is 2.12 bits per heavy atom. The SMILES string of the molecule is Cc1ccoc1C(=O)NC12CC3CC(C1)CC(n1ncnn1)(C3)C2. The highest BCUT2D eigenvalue weighted by Crippen LogP contribution is 2.60. The lowest BCUT2D eigenvalue weighted by Crippen LogP contribution is -2.66. The number of furan rings is 1. The van der Waals surface area contributed by atoms with Crippen LogP contribution >= 0.6 is 0 Å². The van der Waals surface area contributed by atoms with Gasteiger partial charge in [0, 0.05) is 11.1 Å². The van der Waals surface area contributed by atoms with E-state index in [1.807, 2.05) is 17.8 Å². The number of carbonyl (C=O) groups is 1. The summed E-state index contributed by atoms with van der Waals surface area (Å²) >= 11 is 0. The third-order valence-electron chi connectivity index (χ3n) is 6.25. The smallest absolute Gasteiger partial charge is 0.287 e. The molecule has 4 aliphatic rings. The summed E-state index contributed by atoms with van der Waals surface area (Å²) < 4.78 is 5.39. The normalized spacial score (nSPS) is 36.9. The number of aromatic nitrogens is 4. The largest absolute Gasteiger partial charge is 0.459 e. The van der Waals surface area contributed by atoms with Gasteiger partial charge in [0.1, 0.15) is 0 Å². The number of rotatable bonds is 3. The van der Waals surface area contributed by atoms with Gasteiger partial charge in [-0.25, -0.2) is 0 Å². The van der Waals surface area contributed by atoms with E-state index in [0.29, 0.717) is 17.6 Å². The van der Waals surface area contributed by atoms with E-state index >= 15 is 0 Å². The first-order valence-corrected chi connectivity index (χ1v) is 8.68. The number of nitrogens with one attached hydrogen (secondary N) is 1. The fourth-order valence-electron chi connectivity index (χ4n) is 5.88. The van der Waals surface area contributed by atoms with Gasteiger partial charge in [-0.05, 0) is 68.6 Å². The molecule has 2 heterocycles. The van der Waals surface area contributed by atoms with Gasteiger partial charge < -0.3 is 9.73 Å². The first-order valence-electron chi connectivity index (χ1n) is 8.68. The van der Waals surface area contributed by atoms with Gasteiger partial charge in [-0.2, -0.15) is 4.80 Å². The fraction of sp³-hybridized carbons (Fsp3) is 0.647. The number of nitrogens with zero attached hydrogens (tertiary/aromatic N) is 4. The van der Waals surface area contributed by atoms with Crippen molar-refractivity contribution in [3.8, 4) is 0 Å². The topological polar surface area (TPSA) is 85.8 Å². The highest BCUT2D eigenvalue weighted by molar-refractivity contribution is 5.93. The van der Waals surface area contributed by atoms with Crippen LogP contribution in [0.5, 0.6) is 0 Å². The summed E-state index contributed by atoms with van der Waals surface area (Å²) in [5.41, 5.74) is 0.616. The Kier molecular flexibility index (Phi) is 2.76.